The molecule has 1 rings (SSSR count). The van der Waals surface area contributed by atoms with E-state index in [4.69, 9.17) is 0 Å². The topological polar surface area (TPSA) is 0 Å². The predicted molar refractivity (Wildman–Crippen MR) is 86.8 cm³/mol. The summed E-state index contributed by atoms with van der Waals surface area (Å²) in [6.07, 6.45) is 10.1. The lowest BCUT2D eigenvalue weighted by Crippen LogP contribution is -2.32. The lowest BCUT2D eigenvalue weighted by atomic mass is 9.68. The molecule has 0 aromatic rings. The average molecular weight is 350 g/mol. The molecule has 1 aliphatic carbocycles. The van der Waals surface area contributed by atoms with E-state index in [2.05, 4.69) is 50.3 Å². The van der Waals surface area contributed by atoms with Crippen LogP contribution in [0.3, 0.4) is 0 Å². The monoisotopic (exact) mass is 350 g/mol. The summed E-state index contributed by atoms with van der Waals surface area (Å²) in [5.74, 6) is 3.91. The Bertz CT molecular complexity index is 200. The number of unbranched alkanes of at least 4 members (excludes halogenated alkanes) is 2. The van der Waals surface area contributed by atoms with Crippen LogP contribution in [0.25, 0.3) is 0 Å². The second-order valence-electron chi connectivity index (χ2n) is 6.40. The highest BCUT2D eigenvalue weighted by Crippen LogP contribution is 2.42. The van der Waals surface area contributed by atoms with E-state index in [1.54, 1.807) is 0 Å². The SMILES string of the molecule is CCCCCC(C(C)I)C1CC(C)CCC1C. The van der Waals surface area contributed by atoms with Gasteiger partial charge in [0.2, 0.25) is 0 Å². The highest BCUT2D eigenvalue weighted by Gasteiger charge is 2.33. The molecule has 0 aliphatic heterocycles. The maximum atomic E-state index is 2.68. The number of alkyl halides is 1. The van der Waals surface area contributed by atoms with Crippen molar-refractivity contribution >= 4 is 22.6 Å². The first kappa shape index (κ1) is 15.8. The molecule has 1 aliphatic rings. The smallest absolute Gasteiger partial charge is 0.0112 e. The van der Waals surface area contributed by atoms with Crippen LogP contribution in [0, 0.1) is 23.7 Å². The Labute approximate surface area is 122 Å². The van der Waals surface area contributed by atoms with Crippen molar-refractivity contribution in [2.75, 3.05) is 0 Å². The summed E-state index contributed by atoms with van der Waals surface area (Å²) in [5, 5.41) is 0. The largest absolute Gasteiger partial charge is 0.0826 e. The van der Waals surface area contributed by atoms with Gasteiger partial charge >= 0.3 is 0 Å². The van der Waals surface area contributed by atoms with E-state index >= 15 is 0 Å². The fraction of sp³-hybridized carbons (Fsp3) is 1.00. The van der Waals surface area contributed by atoms with E-state index in [0.29, 0.717) is 0 Å². The second-order valence-corrected chi connectivity index (χ2v) is 8.36. The summed E-state index contributed by atoms with van der Waals surface area (Å²) < 4.78 is 0.849. The van der Waals surface area contributed by atoms with Crippen molar-refractivity contribution in [3.8, 4) is 0 Å². The molecule has 0 nitrogen and oxygen atoms in total. The Morgan fingerprint density at radius 3 is 2.47 bits per heavy atom. The number of hydrogen-bond donors (Lipinski definition) is 0. The molecule has 17 heavy (non-hydrogen) atoms. The first-order valence-corrected chi connectivity index (χ1v) is 8.94. The maximum absolute atomic E-state index is 2.68. The molecule has 0 bridgehead atoms. The number of rotatable bonds is 6. The van der Waals surface area contributed by atoms with Crippen LogP contribution in [-0.4, -0.2) is 3.92 Å². The van der Waals surface area contributed by atoms with Gasteiger partial charge in [-0.3, -0.25) is 0 Å². The molecular weight excluding hydrogens is 319 g/mol. The van der Waals surface area contributed by atoms with Crippen LogP contribution in [0.1, 0.15) is 72.6 Å². The van der Waals surface area contributed by atoms with Crippen LogP contribution in [0.15, 0.2) is 0 Å². The summed E-state index contributed by atoms with van der Waals surface area (Å²) in [6.45, 7) is 9.71. The van der Waals surface area contributed by atoms with Crippen LogP contribution in [0.4, 0.5) is 0 Å². The Morgan fingerprint density at radius 2 is 1.88 bits per heavy atom. The van der Waals surface area contributed by atoms with Gasteiger partial charge < -0.3 is 0 Å². The van der Waals surface area contributed by atoms with Crippen LogP contribution < -0.4 is 0 Å². The molecule has 1 saturated carbocycles. The molecule has 5 unspecified atom stereocenters. The summed E-state index contributed by atoms with van der Waals surface area (Å²) in [7, 11) is 0. The van der Waals surface area contributed by atoms with Crippen molar-refractivity contribution in [1.29, 1.82) is 0 Å². The molecule has 0 radical (unpaired) electrons. The summed E-state index contributed by atoms with van der Waals surface area (Å²) in [4.78, 5) is 0. The van der Waals surface area contributed by atoms with E-state index in [0.717, 1.165) is 27.6 Å². The minimum atomic E-state index is 0.849. The minimum absolute atomic E-state index is 0.849. The third-order valence-corrected chi connectivity index (χ3v) is 5.72. The van der Waals surface area contributed by atoms with Gasteiger partial charge in [0, 0.05) is 3.92 Å². The average Bonchev–Trinajstić information content (AvgIpc) is 2.28. The Balaban J connectivity index is 2.54. The molecule has 1 fully saturated rings. The molecule has 0 heterocycles. The summed E-state index contributed by atoms with van der Waals surface area (Å²) >= 11 is 2.68. The van der Waals surface area contributed by atoms with Gasteiger partial charge in [-0.15, -0.1) is 0 Å². The van der Waals surface area contributed by atoms with Crippen LogP contribution in [0.2, 0.25) is 0 Å². The molecule has 0 aromatic carbocycles. The molecule has 0 spiro atoms. The van der Waals surface area contributed by atoms with Crippen molar-refractivity contribution < 1.29 is 0 Å². The lowest BCUT2D eigenvalue weighted by molar-refractivity contribution is 0.132. The van der Waals surface area contributed by atoms with Gasteiger partial charge in [0.05, 0.1) is 0 Å². The highest BCUT2D eigenvalue weighted by molar-refractivity contribution is 14.1. The molecule has 0 N–H and O–H groups in total. The zero-order valence-corrected chi connectivity index (χ0v) is 14.4. The fourth-order valence-corrected chi connectivity index (χ4v) is 4.48. The first-order valence-electron chi connectivity index (χ1n) is 7.70. The standard InChI is InChI=1S/C16H31I/c1-5-6-7-8-15(14(4)17)16-11-12(2)9-10-13(16)3/h12-16H,5-11H2,1-4H3. The zero-order valence-electron chi connectivity index (χ0n) is 12.2. The van der Waals surface area contributed by atoms with Crippen molar-refractivity contribution in [2.45, 2.75) is 76.6 Å². The quantitative estimate of drug-likeness (QED) is 0.309. The first-order chi connectivity index (χ1) is 8.06. The third-order valence-electron chi connectivity index (χ3n) is 4.80. The molecule has 102 valence electrons. The van der Waals surface area contributed by atoms with Crippen molar-refractivity contribution in [3.63, 3.8) is 0 Å². The van der Waals surface area contributed by atoms with Gasteiger partial charge in [-0.05, 0) is 36.5 Å². The van der Waals surface area contributed by atoms with E-state index in [1.165, 1.54) is 44.9 Å². The van der Waals surface area contributed by atoms with Crippen molar-refractivity contribution in [2.24, 2.45) is 23.7 Å². The maximum Gasteiger partial charge on any atom is 0.0112 e. The minimum Gasteiger partial charge on any atom is -0.0826 e. The van der Waals surface area contributed by atoms with E-state index < -0.39 is 0 Å². The summed E-state index contributed by atoms with van der Waals surface area (Å²) in [5.41, 5.74) is 0. The second kappa shape index (κ2) is 8.01. The fourth-order valence-electron chi connectivity index (χ4n) is 3.59. The number of hydrogen-bond acceptors (Lipinski definition) is 0. The predicted octanol–water partition coefficient (Wildman–Crippen LogP) is 6.08. The van der Waals surface area contributed by atoms with Crippen LogP contribution >= 0.6 is 22.6 Å². The Morgan fingerprint density at radius 1 is 1.18 bits per heavy atom. The van der Waals surface area contributed by atoms with E-state index in [1.807, 2.05) is 0 Å². The van der Waals surface area contributed by atoms with E-state index in [-0.39, 0.29) is 0 Å². The Kier molecular flexibility index (Phi) is 7.44. The van der Waals surface area contributed by atoms with Gasteiger partial charge in [0.15, 0.2) is 0 Å². The van der Waals surface area contributed by atoms with Crippen molar-refractivity contribution in [1.82, 2.24) is 0 Å². The van der Waals surface area contributed by atoms with Gasteiger partial charge in [0.25, 0.3) is 0 Å². The molecule has 0 amide bonds. The van der Waals surface area contributed by atoms with Crippen molar-refractivity contribution in [3.05, 3.63) is 0 Å². The lowest BCUT2D eigenvalue weighted by Gasteiger charge is -2.39. The van der Waals surface area contributed by atoms with Gasteiger partial charge in [-0.1, -0.05) is 82.4 Å². The zero-order chi connectivity index (χ0) is 12.8. The normalized spacial score (nSPS) is 33.4. The van der Waals surface area contributed by atoms with Gasteiger partial charge in [-0.25, -0.2) is 0 Å². The van der Waals surface area contributed by atoms with Crippen LogP contribution in [0.5, 0.6) is 0 Å². The molecule has 0 saturated heterocycles. The molecule has 1 heteroatoms. The highest BCUT2D eigenvalue weighted by atomic mass is 127. The summed E-state index contributed by atoms with van der Waals surface area (Å²) in [6, 6.07) is 0. The third kappa shape index (κ3) is 5.08. The molecule has 0 aromatic heterocycles. The molecular formula is C16H31I. The van der Waals surface area contributed by atoms with Gasteiger partial charge in [-0.2, -0.15) is 0 Å². The van der Waals surface area contributed by atoms with Gasteiger partial charge in [0.1, 0.15) is 0 Å². The molecule has 5 atom stereocenters. The Hall–Kier alpha value is 0.730. The van der Waals surface area contributed by atoms with Crippen LogP contribution in [-0.2, 0) is 0 Å². The van der Waals surface area contributed by atoms with E-state index in [9.17, 15) is 0 Å². The number of halogens is 1.